The maximum Gasteiger partial charge on any atom is 0.152 e. The van der Waals surface area contributed by atoms with Crippen molar-refractivity contribution < 1.29 is 9.59 Å². The Morgan fingerprint density at radius 3 is 2.43 bits per heavy atom. The van der Waals surface area contributed by atoms with Crippen LogP contribution in [0.25, 0.3) is 0 Å². The third-order valence-electron chi connectivity index (χ3n) is 3.39. The van der Waals surface area contributed by atoms with E-state index < -0.39 is 0 Å². The van der Waals surface area contributed by atoms with E-state index in [1.165, 1.54) is 0 Å². The molecule has 0 saturated heterocycles. The van der Waals surface area contributed by atoms with Crippen molar-refractivity contribution in [1.82, 2.24) is 0 Å². The molecule has 0 spiro atoms. The fourth-order valence-corrected chi connectivity index (χ4v) is 2.37. The third-order valence-corrected chi connectivity index (χ3v) is 3.39. The van der Waals surface area contributed by atoms with Gasteiger partial charge in [0, 0.05) is 24.7 Å². The molecule has 21 heavy (non-hydrogen) atoms. The first-order valence-corrected chi connectivity index (χ1v) is 6.83. The number of carbonyl (C=O) groups excluding carboxylic acids is 2. The molecule has 0 aliphatic heterocycles. The fraction of sp³-hybridized carbons (Fsp3) is 0.176. The molecule has 2 aromatic rings. The third kappa shape index (κ3) is 2.94. The van der Waals surface area contributed by atoms with Gasteiger partial charge in [-0.05, 0) is 37.3 Å². The normalized spacial score (nSPS) is 10.0. The van der Waals surface area contributed by atoms with Gasteiger partial charge in [0.15, 0.2) is 6.29 Å². The van der Waals surface area contributed by atoms with Gasteiger partial charge in [-0.3, -0.25) is 9.59 Å². The zero-order chi connectivity index (χ0) is 15.2. The molecule has 0 aliphatic rings. The molecule has 0 fully saturated rings. The van der Waals surface area contributed by atoms with E-state index in [1.807, 2.05) is 43.1 Å². The molecule has 0 amide bonds. The Hall–Kier alpha value is -2.62. The Balaban J connectivity index is 2.56. The summed E-state index contributed by atoms with van der Waals surface area (Å²) in [7, 11) is 1.81. The summed E-state index contributed by atoms with van der Waals surface area (Å²) in [5.41, 5.74) is 3.89. The van der Waals surface area contributed by atoms with E-state index in [2.05, 4.69) is 5.32 Å². The Morgan fingerprint density at radius 2 is 1.81 bits per heavy atom. The lowest BCUT2D eigenvalue weighted by molar-refractivity contribution is 0.111. The number of para-hydroxylation sites is 1. The van der Waals surface area contributed by atoms with E-state index in [9.17, 15) is 9.59 Å². The van der Waals surface area contributed by atoms with Crippen LogP contribution in [-0.2, 0) is 0 Å². The van der Waals surface area contributed by atoms with Gasteiger partial charge in [-0.1, -0.05) is 12.1 Å². The standard InChI is InChI=1S/C17H18N2O2/c1-3-19(16-7-5-4-6-14(16)12-21)17-9-8-13(11-20)10-15(17)18-2/h4-12,18H,3H2,1-2H3. The minimum atomic E-state index is 0.614. The van der Waals surface area contributed by atoms with Crippen LogP contribution in [-0.4, -0.2) is 26.2 Å². The zero-order valence-corrected chi connectivity index (χ0v) is 12.2. The average molecular weight is 282 g/mol. The van der Waals surface area contributed by atoms with Crippen molar-refractivity contribution in [1.29, 1.82) is 0 Å². The van der Waals surface area contributed by atoms with Gasteiger partial charge in [0.25, 0.3) is 0 Å². The van der Waals surface area contributed by atoms with Gasteiger partial charge < -0.3 is 10.2 Å². The zero-order valence-electron chi connectivity index (χ0n) is 12.2. The van der Waals surface area contributed by atoms with Crippen LogP contribution < -0.4 is 10.2 Å². The van der Waals surface area contributed by atoms with E-state index in [1.54, 1.807) is 18.2 Å². The molecule has 0 heterocycles. The predicted octanol–water partition coefficient (Wildman–Crippen LogP) is 3.51. The van der Waals surface area contributed by atoms with Gasteiger partial charge in [-0.25, -0.2) is 0 Å². The number of nitrogens with zero attached hydrogens (tertiary/aromatic N) is 1. The number of benzene rings is 2. The topological polar surface area (TPSA) is 49.4 Å². The molecule has 2 rings (SSSR count). The first-order chi connectivity index (χ1) is 10.2. The Bertz CT molecular complexity index is 653. The molecule has 0 atom stereocenters. The molecule has 0 aliphatic carbocycles. The van der Waals surface area contributed by atoms with Gasteiger partial charge in [0.2, 0.25) is 0 Å². The molecule has 0 aromatic heterocycles. The first kappa shape index (κ1) is 14.8. The summed E-state index contributed by atoms with van der Waals surface area (Å²) in [6.45, 7) is 2.73. The Kier molecular flexibility index (Phi) is 4.72. The van der Waals surface area contributed by atoms with E-state index in [-0.39, 0.29) is 0 Å². The van der Waals surface area contributed by atoms with Crippen molar-refractivity contribution in [3.05, 3.63) is 53.6 Å². The van der Waals surface area contributed by atoms with Crippen LogP contribution in [0, 0.1) is 0 Å². The van der Waals surface area contributed by atoms with Gasteiger partial charge in [0.1, 0.15) is 6.29 Å². The molecule has 108 valence electrons. The maximum absolute atomic E-state index is 11.2. The quantitative estimate of drug-likeness (QED) is 0.824. The summed E-state index contributed by atoms with van der Waals surface area (Å²) >= 11 is 0. The number of aldehydes is 2. The molecule has 4 nitrogen and oxygen atoms in total. The van der Waals surface area contributed by atoms with Gasteiger partial charge in [-0.15, -0.1) is 0 Å². The highest BCUT2D eigenvalue weighted by atomic mass is 16.1. The second kappa shape index (κ2) is 6.70. The van der Waals surface area contributed by atoms with Crippen molar-refractivity contribution in [3.8, 4) is 0 Å². The van der Waals surface area contributed by atoms with Gasteiger partial charge >= 0.3 is 0 Å². The predicted molar refractivity (Wildman–Crippen MR) is 85.9 cm³/mol. The lowest BCUT2D eigenvalue weighted by Crippen LogP contribution is -2.19. The smallest absolute Gasteiger partial charge is 0.152 e. The summed E-state index contributed by atoms with van der Waals surface area (Å²) in [6, 6.07) is 12.9. The number of hydrogen-bond donors (Lipinski definition) is 1. The van der Waals surface area contributed by atoms with Gasteiger partial charge in [0.05, 0.1) is 17.1 Å². The summed E-state index contributed by atoms with van der Waals surface area (Å²) in [4.78, 5) is 24.2. The summed E-state index contributed by atoms with van der Waals surface area (Å²) in [5, 5.41) is 3.10. The Labute approximate surface area is 124 Å². The highest BCUT2D eigenvalue weighted by Crippen LogP contribution is 2.33. The van der Waals surface area contributed by atoms with Crippen LogP contribution in [0.3, 0.4) is 0 Å². The summed E-state index contributed by atoms with van der Waals surface area (Å²) in [5.74, 6) is 0. The van der Waals surface area contributed by atoms with E-state index in [0.29, 0.717) is 17.7 Å². The molecule has 0 radical (unpaired) electrons. The number of anilines is 3. The molecule has 0 unspecified atom stereocenters. The SMILES string of the molecule is CCN(c1ccccc1C=O)c1ccc(C=O)cc1NC. The fourth-order valence-electron chi connectivity index (χ4n) is 2.37. The lowest BCUT2D eigenvalue weighted by atomic mass is 10.1. The molecular weight excluding hydrogens is 264 g/mol. The molecule has 1 N–H and O–H groups in total. The maximum atomic E-state index is 11.2. The van der Waals surface area contributed by atoms with Crippen LogP contribution in [0.15, 0.2) is 42.5 Å². The van der Waals surface area contributed by atoms with Crippen LogP contribution in [0.2, 0.25) is 0 Å². The molecule has 2 aromatic carbocycles. The van der Waals surface area contributed by atoms with Crippen molar-refractivity contribution in [2.24, 2.45) is 0 Å². The van der Waals surface area contributed by atoms with Crippen LogP contribution in [0.1, 0.15) is 27.6 Å². The minimum Gasteiger partial charge on any atom is -0.386 e. The van der Waals surface area contributed by atoms with E-state index in [4.69, 9.17) is 0 Å². The molecule has 0 saturated carbocycles. The van der Waals surface area contributed by atoms with Gasteiger partial charge in [-0.2, -0.15) is 0 Å². The van der Waals surface area contributed by atoms with Crippen LogP contribution in [0.5, 0.6) is 0 Å². The molecular formula is C17H18N2O2. The highest BCUT2D eigenvalue weighted by Gasteiger charge is 2.14. The molecule has 0 bridgehead atoms. The highest BCUT2D eigenvalue weighted by molar-refractivity contribution is 5.90. The second-order valence-electron chi connectivity index (χ2n) is 4.57. The van der Waals surface area contributed by atoms with Crippen LogP contribution >= 0.6 is 0 Å². The number of nitrogens with one attached hydrogen (secondary N) is 1. The number of rotatable bonds is 6. The van der Waals surface area contributed by atoms with E-state index in [0.717, 1.165) is 29.6 Å². The summed E-state index contributed by atoms with van der Waals surface area (Å²) in [6.07, 6.45) is 1.68. The van der Waals surface area contributed by atoms with E-state index >= 15 is 0 Å². The largest absolute Gasteiger partial charge is 0.386 e. The van der Waals surface area contributed by atoms with Crippen molar-refractivity contribution in [2.45, 2.75) is 6.92 Å². The van der Waals surface area contributed by atoms with Crippen LogP contribution in [0.4, 0.5) is 17.1 Å². The first-order valence-electron chi connectivity index (χ1n) is 6.83. The Morgan fingerprint density at radius 1 is 1.05 bits per heavy atom. The number of hydrogen-bond acceptors (Lipinski definition) is 4. The monoisotopic (exact) mass is 282 g/mol. The van der Waals surface area contributed by atoms with Crippen molar-refractivity contribution >= 4 is 29.6 Å². The average Bonchev–Trinajstić information content (AvgIpc) is 2.56. The lowest BCUT2D eigenvalue weighted by Gasteiger charge is -2.27. The second-order valence-corrected chi connectivity index (χ2v) is 4.57. The van der Waals surface area contributed by atoms with Crippen molar-refractivity contribution in [2.75, 3.05) is 23.8 Å². The summed E-state index contributed by atoms with van der Waals surface area (Å²) < 4.78 is 0. The molecule has 4 heteroatoms. The van der Waals surface area contributed by atoms with Crippen molar-refractivity contribution in [3.63, 3.8) is 0 Å². The number of carbonyl (C=O) groups is 2. The minimum absolute atomic E-state index is 0.614.